The minimum Gasteiger partial charge on any atom is -0.478 e. The number of likely N-dealkylation sites (tertiary alicyclic amines) is 1. The summed E-state index contributed by atoms with van der Waals surface area (Å²) in [6.07, 6.45) is 2.73. The number of carbonyl (C=O) groups excluding carboxylic acids is 2. The molecule has 0 aromatic carbocycles. The minimum absolute atomic E-state index is 0.0492. The molecule has 6 nitrogen and oxygen atoms in total. The molecule has 0 aromatic heterocycles. The Kier molecular flexibility index (Phi) is 5.09. The number of rotatable bonds is 3. The van der Waals surface area contributed by atoms with Gasteiger partial charge >= 0.3 is 12.0 Å². The molecule has 1 rings (SSSR count). The lowest BCUT2D eigenvalue weighted by molar-refractivity contribution is -0.133. The van der Waals surface area contributed by atoms with E-state index in [1.54, 1.807) is 4.90 Å². The summed E-state index contributed by atoms with van der Waals surface area (Å²) in [5.74, 6) is -1.81. The van der Waals surface area contributed by atoms with E-state index in [2.05, 4.69) is 5.32 Å². The van der Waals surface area contributed by atoms with Gasteiger partial charge in [0.1, 0.15) is 0 Å². The van der Waals surface area contributed by atoms with Crippen molar-refractivity contribution in [3.8, 4) is 0 Å². The number of hydrogen-bond donors (Lipinski definition) is 2. The van der Waals surface area contributed by atoms with Crippen LogP contribution in [0, 0.1) is 0 Å². The van der Waals surface area contributed by atoms with Crippen molar-refractivity contribution in [1.29, 1.82) is 0 Å². The number of aliphatic carboxylic acids is 1. The summed E-state index contributed by atoms with van der Waals surface area (Å²) < 4.78 is 0. The highest BCUT2D eigenvalue weighted by atomic mass is 16.4. The van der Waals surface area contributed by atoms with Gasteiger partial charge in [-0.2, -0.15) is 0 Å². The van der Waals surface area contributed by atoms with Gasteiger partial charge in [0.15, 0.2) is 0 Å². The molecule has 3 amide bonds. The lowest BCUT2D eigenvalue weighted by Gasteiger charge is -2.23. The standard InChI is InChI=1S/C13H20N2O4/c1-4-10-6-5-7-15(10)13(19)14-11(16)8(2)9(3)12(17)18/h10H,4-7H2,1-3H3,(H,17,18)(H,14,16,19). The van der Waals surface area contributed by atoms with Crippen molar-refractivity contribution in [2.24, 2.45) is 0 Å². The normalized spacial score (nSPS) is 19.9. The number of urea groups is 1. The Labute approximate surface area is 112 Å². The van der Waals surface area contributed by atoms with Gasteiger partial charge in [0.25, 0.3) is 5.91 Å². The van der Waals surface area contributed by atoms with Crippen LogP contribution in [0.25, 0.3) is 0 Å². The van der Waals surface area contributed by atoms with Crippen molar-refractivity contribution in [3.05, 3.63) is 11.1 Å². The van der Waals surface area contributed by atoms with Crippen molar-refractivity contribution >= 4 is 17.9 Å². The maximum atomic E-state index is 11.9. The first kappa shape index (κ1) is 15.2. The van der Waals surface area contributed by atoms with E-state index in [-0.39, 0.29) is 17.2 Å². The Hall–Kier alpha value is -1.85. The second-order valence-corrected chi connectivity index (χ2v) is 4.71. The fraction of sp³-hybridized carbons (Fsp3) is 0.615. The quantitative estimate of drug-likeness (QED) is 0.760. The van der Waals surface area contributed by atoms with Gasteiger partial charge in [-0.3, -0.25) is 10.1 Å². The zero-order valence-electron chi connectivity index (χ0n) is 11.5. The van der Waals surface area contributed by atoms with Crippen LogP contribution in [0.3, 0.4) is 0 Å². The Bertz CT molecular complexity index is 428. The highest BCUT2D eigenvalue weighted by molar-refractivity contribution is 6.07. The molecule has 0 bridgehead atoms. The Morgan fingerprint density at radius 3 is 2.42 bits per heavy atom. The van der Waals surface area contributed by atoms with Crippen LogP contribution in [0.4, 0.5) is 4.79 Å². The van der Waals surface area contributed by atoms with E-state index in [0.717, 1.165) is 19.3 Å². The first-order valence-corrected chi connectivity index (χ1v) is 6.41. The molecule has 0 aliphatic carbocycles. The number of nitrogens with zero attached hydrogens (tertiary/aromatic N) is 1. The van der Waals surface area contributed by atoms with Crippen molar-refractivity contribution in [1.82, 2.24) is 10.2 Å². The topological polar surface area (TPSA) is 86.7 Å². The Morgan fingerprint density at radius 1 is 1.26 bits per heavy atom. The molecule has 6 heteroatoms. The van der Waals surface area contributed by atoms with E-state index < -0.39 is 17.9 Å². The zero-order valence-corrected chi connectivity index (χ0v) is 11.5. The molecular weight excluding hydrogens is 248 g/mol. The van der Waals surface area contributed by atoms with Crippen LogP contribution in [0.2, 0.25) is 0 Å². The molecule has 0 spiro atoms. The smallest absolute Gasteiger partial charge is 0.331 e. The van der Waals surface area contributed by atoms with E-state index in [0.29, 0.717) is 6.54 Å². The number of nitrogens with one attached hydrogen (secondary N) is 1. The van der Waals surface area contributed by atoms with Gasteiger partial charge in [0, 0.05) is 23.7 Å². The highest BCUT2D eigenvalue weighted by Gasteiger charge is 2.28. The molecule has 19 heavy (non-hydrogen) atoms. The molecule has 1 unspecified atom stereocenters. The Balaban J connectivity index is 2.70. The fourth-order valence-corrected chi connectivity index (χ4v) is 2.12. The number of carboxylic acid groups (broad SMARTS) is 1. The Morgan fingerprint density at radius 2 is 1.89 bits per heavy atom. The van der Waals surface area contributed by atoms with Gasteiger partial charge in [-0.05, 0) is 33.1 Å². The van der Waals surface area contributed by atoms with Crippen LogP contribution in [-0.4, -0.2) is 40.5 Å². The largest absolute Gasteiger partial charge is 0.478 e. The minimum atomic E-state index is -1.16. The molecule has 0 aromatic rings. The first-order chi connectivity index (χ1) is 8.88. The second-order valence-electron chi connectivity index (χ2n) is 4.71. The van der Waals surface area contributed by atoms with Crippen LogP contribution in [-0.2, 0) is 9.59 Å². The summed E-state index contributed by atoms with van der Waals surface area (Å²) in [5, 5.41) is 11.0. The van der Waals surface area contributed by atoms with Crippen LogP contribution in [0.5, 0.6) is 0 Å². The third-order valence-corrected chi connectivity index (χ3v) is 3.55. The third-order valence-electron chi connectivity index (χ3n) is 3.55. The first-order valence-electron chi connectivity index (χ1n) is 6.41. The summed E-state index contributed by atoms with van der Waals surface area (Å²) in [5.41, 5.74) is -0.00754. The maximum absolute atomic E-state index is 11.9. The number of hydrogen-bond acceptors (Lipinski definition) is 3. The lowest BCUT2D eigenvalue weighted by atomic mass is 10.1. The van der Waals surface area contributed by atoms with Gasteiger partial charge in [-0.1, -0.05) is 6.92 Å². The molecule has 1 aliphatic rings. The van der Waals surface area contributed by atoms with Crippen molar-refractivity contribution < 1.29 is 19.5 Å². The summed E-state index contributed by atoms with van der Waals surface area (Å²) in [7, 11) is 0. The summed E-state index contributed by atoms with van der Waals surface area (Å²) >= 11 is 0. The average molecular weight is 268 g/mol. The molecule has 1 atom stereocenters. The third kappa shape index (κ3) is 3.56. The van der Waals surface area contributed by atoms with E-state index in [1.165, 1.54) is 13.8 Å². The molecular formula is C13H20N2O4. The molecule has 1 fully saturated rings. The van der Waals surface area contributed by atoms with Gasteiger partial charge < -0.3 is 10.0 Å². The van der Waals surface area contributed by atoms with Gasteiger partial charge in [0.05, 0.1) is 0 Å². The van der Waals surface area contributed by atoms with Crippen LogP contribution >= 0.6 is 0 Å². The SMILES string of the molecule is CCC1CCCN1C(=O)NC(=O)C(C)=C(C)C(=O)O. The van der Waals surface area contributed by atoms with Crippen LogP contribution < -0.4 is 5.32 Å². The van der Waals surface area contributed by atoms with E-state index in [4.69, 9.17) is 5.11 Å². The second kappa shape index (κ2) is 6.36. The predicted octanol–water partition coefficient (Wildman–Crippen LogP) is 1.52. The lowest BCUT2D eigenvalue weighted by Crippen LogP contribution is -2.45. The molecule has 1 aliphatic heterocycles. The summed E-state index contributed by atoms with van der Waals surface area (Å²) in [6.45, 7) is 5.37. The van der Waals surface area contributed by atoms with Crippen LogP contribution in [0.15, 0.2) is 11.1 Å². The predicted molar refractivity (Wildman–Crippen MR) is 69.6 cm³/mol. The zero-order chi connectivity index (χ0) is 14.6. The van der Waals surface area contributed by atoms with Crippen molar-refractivity contribution in [3.63, 3.8) is 0 Å². The number of imide groups is 1. The average Bonchev–Trinajstić information content (AvgIpc) is 2.84. The summed E-state index contributed by atoms with van der Waals surface area (Å²) in [4.78, 5) is 36.1. The molecule has 106 valence electrons. The molecule has 1 saturated heterocycles. The number of amides is 3. The molecule has 1 heterocycles. The van der Waals surface area contributed by atoms with Crippen molar-refractivity contribution in [2.75, 3.05) is 6.54 Å². The van der Waals surface area contributed by atoms with E-state index in [9.17, 15) is 14.4 Å². The number of carboxylic acids is 1. The maximum Gasteiger partial charge on any atom is 0.331 e. The number of carbonyl (C=O) groups is 3. The van der Waals surface area contributed by atoms with Gasteiger partial charge in [-0.15, -0.1) is 0 Å². The van der Waals surface area contributed by atoms with E-state index >= 15 is 0 Å². The van der Waals surface area contributed by atoms with Gasteiger partial charge in [0.2, 0.25) is 0 Å². The monoisotopic (exact) mass is 268 g/mol. The molecule has 0 saturated carbocycles. The fourth-order valence-electron chi connectivity index (χ4n) is 2.12. The van der Waals surface area contributed by atoms with Crippen molar-refractivity contribution in [2.45, 2.75) is 46.1 Å². The molecule has 0 radical (unpaired) electrons. The van der Waals surface area contributed by atoms with Gasteiger partial charge in [-0.25, -0.2) is 9.59 Å². The molecule has 2 N–H and O–H groups in total. The summed E-state index contributed by atoms with van der Waals surface area (Å²) in [6, 6.07) is -0.274. The highest BCUT2D eigenvalue weighted by Crippen LogP contribution is 2.19. The van der Waals surface area contributed by atoms with E-state index in [1.807, 2.05) is 6.92 Å². The van der Waals surface area contributed by atoms with Crippen LogP contribution in [0.1, 0.15) is 40.0 Å².